The standard InChI is InChI=1S/C14H13N3OS/c1-9(18)10-5-4-8-15-13(10)19-14-16-11-6-2-3-7-12(11)17-14/h2-9,18H,1H3,(H,16,17). The first-order chi connectivity index (χ1) is 9.24. The van der Waals surface area contributed by atoms with E-state index in [1.165, 1.54) is 11.8 Å². The molecule has 0 aliphatic carbocycles. The Labute approximate surface area is 114 Å². The van der Waals surface area contributed by atoms with Crippen LogP contribution in [0.4, 0.5) is 0 Å². The number of pyridine rings is 1. The minimum Gasteiger partial charge on any atom is -0.389 e. The molecule has 0 bridgehead atoms. The van der Waals surface area contributed by atoms with E-state index in [2.05, 4.69) is 15.0 Å². The average Bonchev–Trinajstić information content (AvgIpc) is 2.81. The molecule has 5 heteroatoms. The minimum atomic E-state index is -0.541. The van der Waals surface area contributed by atoms with Gasteiger partial charge in [-0.3, -0.25) is 0 Å². The van der Waals surface area contributed by atoms with E-state index in [9.17, 15) is 5.11 Å². The van der Waals surface area contributed by atoms with Crippen molar-refractivity contribution in [2.24, 2.45) is 0 Å². The molecule has 2 aromatic heterocycles. The molecule has 4 nitrogen and oxygen atoms in total. The highest BCUT2D eigenvalue weighted by atomic mass is 32.2. The number of fused-ring (bicyclic) bond motifs is 1. The monoisotopic (exact) mass is 271 g/mol. The van der Waals surface area contributed by atoms with Gasteiger partial charge in [0.05, 0.1) is 17.1 Å². The van der Waals surface area contributed by atoms with Gasteiger partial charge in [0.2, 0.25) is 0 Å². The Morgan fingerprint density at radius 3 is 2.84 bits per heavy atom. The van der Waals surface area contributed by atoms with Gasteiger partial charge in [-0.1, -0.05) is 18.2 Å². The first-order valence-corrected chi connectivity index (χ1v) is 6.81. The number of benzene rings is 1. The molecule has 0 spiro atoms. The first-order valence-electron chi connectivity index (χ1n) is 5.99. The van der Waals surface area contributed by atoms with Crippen LogP contribution < -0.4 is 0 Å². The predicted octanol–water partition coefficient (Wildman–Crippen LogP) is 3.16. The highest BCUT2D eigenvalue weighted by molar-refractivity contribution is 7.99. The van der Waals surface area contributed by atoms with Gasteiger partial charge in [0, 0.05) is 11.8 Å². The number of nitrogens with one attached hydrogen (secondary N) is 1. The number of aliphatic hydroxyl groups excluding tert-OH is 1. The van der Waals surface area contributed by atoms with Crippen molar-refractivity contribution >= 4 is 22.8 Å². The fourth-order valence-corrected chi connectivity index (χ4v) is 2.83. The van der Waals surface area contributed by atoms with E-state index in [0.717, 1.165) is 26.8 Å². The van der Waals surface area contributed by atoms with Gasteiger partial charge in [0.15, 0.2) is 5.16 Å². The Hall–Kier alpha value is -1.85. The third kappa shape index (κ3) is 2.47. The first kappa shape index (κ1) is 12.2. The summed E-state index contributed by atoms with van der Waals surface area (Å²) in [6.07, 6.45) is 1.18. The molecule has 3 rings (SSSR count). The Bertz CT molecular complexity index is 675. The molecule has 2 heterocycles. The van der Waals surface area contributed by atoms with Crippen LogP contribution in [0.3, 0.4) is 0 Å². The zero-order valence-corrected chi connectivity index (χ0v) is 11.2. The molecule has 96 valence electrons. The summed E-state index contributed by atoms with van der Waals surface area (Å²) in [6.45, 7) is 1.74. The van der Waals surface area contributed by atoms with Gasteiger partial charge in [0.25, 0.3) is 0 Å². The fraction of sp³-hybridized carbons (Fsp3) is 0.143. The lowest BCUT2D eigenvalue weighted by molar-refractivity contribution is 0.195. The SMILES string of the molecule is CC(O)c1cccnc1Sc1nc2ccccc2[nH]1. The molecule has 0 saturated heterocycles. The maximum Gasteiger partial charge on any atom is 0.172 e. The largest absolute Gasteiger partial charge is 0.389 e. The normalized spacial score (nSPS) is 12.7. The molecule has 1 atom stereocenters. The maximum absolute atomic E-state index is 9.74. The second-order valence-corrected chi connectivity index (χ2v) is 5.21. The Balaban J connectivity index is 1.97. The number of H-pyrrole nitrogens is 1. The molecule has 19 heavy (non-hydrogen) atoms. The Morgan fingerprint density at radius 1 is 1.21 bits per heavy atom. The number of aliphatic hydroxyl groups is 1. The van der Waals surface area contributed by atoms with Gasteiger partial charge in [0.1, 0.15) is 5.03 Å². The van der Waals surface area contributed by atoms with Crippen LogP contribution in [-0.4, -0.2) is 20.1 Å². The van der Waals surface area contributed by atoms with Crippen molar-refractivity contribution < 1.29 is 5.11 Å². The highest BCUT2D eigenvalue weighted by Crippen LogP contribution is 2.30. The number of para-hydroxylation sites is 2. The van der Waals surface area contributed by atoms with E-state index in [1.54, 1.807) is 13.1 Å². The second-order valence-electron chi connectivity index (χ2n) is 4.23. The van der Waals surface area contributed by atoms with Crippen molar-refractivity contribution in [3.63, 3.8) is 0 Å². The number of aromatic amines is 1. The van der Waals surface area contributed by atoms with Crippen LogP contribution in [0.15, 0.2) is 52.8 Å². The van der Waals surface area contributed by atoms with Crippen molar-refractivity contribution in [3.8, 4) is 0 Å². The molecule has 0 amide bonds. The molecule has 1 aromatic carbocycles. The highest BCUT2D eigenvalue weighted by Gasteiger charge is 2.12. The molecule has 2 N–H and O–H groups in total. The van der Waals surface area contributed by atoms with E-state index in [1.807, 2.05) is 36.4 Å². The molecule has 1 unspecified atom stereocenters. The van der Waals surface area contributed by atoms with Crippen molar-refractivity contribution in [2.75, 3.05) is 0 Å². The summed E-state index contributed by atoms with van der Waals surface area (Å²) >= 11 is 1.43. The lowest BCUT2D eigenvalue weighted by Gasteiger charge is -2.08. The van der Waals surface area contributed by atoms with Gasteiger partial charge in [-0.25, -0.2) is 9.97 Å². The van der Waals surface area contributed by atoms with Gasteiger partial charge in [-0.15, -0.1) is 0 Å². The minimum absolute atomic E-state index is 0.541. The zero-order chi connectivity index (χ0) is 13.2. The van der Waals surface area contributed by atoms with E-state index in [-0.39, 0.29) is 0 Å². The Morgan fingerprint density at radius 2 is 2.05 bits per heavy atom. The summed E-state index contributed by atoms with van der Waals surface area (Å²) in [5.41, 5.74) is 2.74. The number of nitrogens with zero attached hydrogens (tertiary/aromatic N) is 2. The van der Waals surface area contributed by atoms with E-state index in [0.29, 0.717) is 0 Å². The van der Waals surface area contributed by atoms with E-state index >= 15 is 0 Å². The third-order valence-electron chi connectivity index (χ3n) is 2.81. The summed E-state index contributed by atoms with van der Waals surface area (Å²) < 4.78 is 0. The quantitative estimate of drug-likeness (QED) is 0.768. The molecule has 0 aliphatic heterocycles. The van der Waals surface area contributed by atoms with Gasteiger partial charge >= 0.3 is 0 Å². The van der Waals surface area contributed by atoms with Crippen LogP contribution in [0.5, 0.6) is 0 Å². The molecule has 0 radical (unpaired) electrons. The van der Waals surface area contributed by atoms with Crippen LogP contribution in [0, 0.1) is 0 Å². The molecule has 3 aromatic rings. The molecule has 0 aliphatic rings. The maximum atomic E-state index is 9.74. The van der Waals surface area contributed by atoms with Crippen LogP contribution in [-0.2, 0) is 0 Å². The third-order valence-corrected chi connectivity index (χ3v) is 3.73. The smallest absolute Gasteiger partial charge is 0.172 e. The number of imidazole rings is 1. The summed E-state index contributed by atoms with van der Waals surface area (Å²) in [4.78, 5) is 12.0. The number of aromatic nitrogens is 3. The number of hydrogen-bond donors (Lipinski definition) is 2. The topological polar surface area (TPSA) is 61.8 Å². The lowest BCUT2D eigenvalue weighted by Crippen LogP contribution is -1.96. The fourth-order valence-electron chi connectivity index (χ4n) is 1.88. The zero-order valence-electron chi connectivity index (χ0n) is 10.4. The Kier molecular flexibility index (Phi) is 3.23. The van der Waals surface area contributed by atoms with Crippen molar-refractivity contribution in [1.82, 2.24) is 15.0 Å². The van der Waals surface area contributed by atoms with Crippen LogP contribution in [0.2, 0.25) is 0 Å². The summed E-state index contributed by atoms with van der Waals surface area (Å²) in [7, 11) is 0. The molecular formula is C14H13N3OS. The number of rotatable bonds is 3. The van der Waals surface area contributed by atoms with Gasteiger partial charge in [-0.2, -0.15) is 0 Å². The van der Waals surface area contributed by atoms with Crippen LogP contribution >= 0.6 is 11.8 Å². The van der Waals surface area contributed by atoms with Gasteiger partial charge in [-0.05, 0) is 36.9 Å². The molecular weight excluding hydrogens is 258 g/mol. The summed E-state index contributed by atoms with van der Waals surface area (Å²) in [6, 6.07) is 11.6. The average molecular weight is 271 g/mol. The van der Waals surface area contributed by atoms with Crippen LogP contribution in [0.1, 0.15) is 18.6 Å². The van der Waals surface area contributed by atoms with Crippen LogP contribution in [0.25, 0.3) is 11.0 Å². The van der Waals surface area contributed by atoms with Crippen molar-refractivity contribution in [2.45, 2.75) is 23.2 Å². The number of hydrogen-bond acceptors (Lipinski definition) is 4. The summed E-state index contributed by atoms with van der Waals surface area (Å²) in [5.74, 6) is 0. The second kappa shape index (κ2) is 5.03. The predicted molar refractivity (Wildman–Crippen MR) is 75.1 cm³/mol. The van der Waals surface area contributed by atoms with E-state index < -0.39 is 6.10 Å². The van der Waals surface area contributed by atoms with E-state index in [4.69, 9.17) is 0 Å². The lowest BCUT2D eigenvalue weighted by atomic mass is 10.2. The molecule has 0 fully saturated rings. The van der Waals surface area contributed by atoms with Gasteiger partial charge < -0.3 is 10.1 Å². The van der Waals surface area contributed by atoms with Crippen molar-refractivity contribution in [3.05, 3.63) is 48.2 Å². The summed E-state index contributed by atoms with van der Waals surface area (Å²) in [5, 5.41) is 11.3. The molecule has 0 saturated carbocycles. The van der Waals surface area contributed by atoms with Crippen molar-refractivity contribution in [1.29, 1.82) is 0 Å².